The third-order valence-electron chi connectivity index (χ3n) is 12.6. The van der Waals surface area contributed by atoms with Crippen molar-refractivity contribution in [3.05, 3.63) is 83.9 Å². The van der Waals surface area contributed by atoms with E-state index < -0.39 is 0 Å². The number of unbranched alkanes of at least 4 members (excludes halogenated alkanes) is 15. The number of hydrogen-bond donors (Lipinski definition) is 8. The fraction of sp³-hybridized carbons (Fsp3) is 0.607. The van der Waals surface area contributed by atoms with Crippen molar-refractivity contribution < 1.29 is 19.2 Å². The summed E-state index contributed by atoms with van der Waals surface area (Å²) in [6, 6.07) is 22.9. The highest BCUT2D eigenvalue weighted by atomic mass is 16.2. The van der Waals surface area contributed by atoms with Crippen LogP contribution in [0.15, 0.2) is 72.8 Å². The summed E-state index contributed by atoms with van der Waals surface area (Å²) in [4.78, 5) is 47.8. The number of amides is 8. The summed E-state index contributed by atoms with van der Waals surface area (Å²) in [5, 5.41) is 22.9. The lowest BCUT2D eigenvalue weighted by atomic mass is 9.96. The molecule has 0 aromatic heterocycles. The van der Waals surface area contributed by atoms with Gasteiger partial charge in [0.1, 0.15) is 0 Å². The highest BCUT2D eigenvalue weighted by Crippen LogP contribution is 2.21. The monoisotopic (exact) mass is 939 g/mol. The lowest BCUT2D eigenvalue weighted by Crippen LogP contribution is -2.39. The summed E-state index contributed by atoms with van der Waals surface area (Å²) in [5.41, 5.74) is 5.22. The number of benzene rings is 3. The Labute approximate surface area is 410 Å². The lowest BCUT2D eigenvalue weighted by molar-refractivity contribution is 0.243. The molecule has 0 spiro atoms. The molecule has 3 aromatic rings. The molecule has 0 atom stereocenters. The second-order valence-electron chi connectivity index (χ2n) is 18.4. The third kappa shape index (κ3) is 26.9. The lowest BCUT2D eigenvalue weighted by Gasteiger charge is -2.22. The first-order valence-electron chi connectivity index (χ1n) is 26.8. The molecule has 378 valence electrons. The molecule has 0 heterocycles. The van der Waals surface area contributed by atoms with E-state index in [4.69, 9.17) is 0 Å². The molecule has 2 aliphatic carbocycles. The molecule has 8 amide bonds. The molecular weight excluding hydrogens is 849 g/mol. The van der Waals surface area contributed by atoms with E-state index >= 15 is 0 Å². The summed E-state index contributed by atoms with van der Waals surface area (Å²) in [7, 11) is 1.55. The fourth-order valence-corrected chi connectivity index (χ4v) is 8.77. The van der Waals surface area contributed by atoms with Crippen LogP contribution in [0.1, 0.15) is 199 Å². The Hall–Kier alpha value is -5.26. The van der Waals surface area contributed by atoms with Crippen LogP contribution < -0.4 is 42.5 Å². The first-order valence-corrected chi connectivity index (χ1v) is 26.8. The van der Waals surface area contributed by atoms with Gasteiger partial charge in [-0.2, -0.15) is 0 Å². The SMILES string of the molecule is CC.CCCCCCCCCCCCCCCCCCNC(=O)Nc1ccc(Cc2ccc(NC(=O)NC3CCCCC3)cc2)cc1.CNC(=O)Nc1cccc(NC(=O)NC2CCCCC2)c1. The van der Waals surface area contributed by atoms with Gasteiger partial charge in [-0.05, 0) is 92.1 Å². The highest BCUT2D eigenvalue weighted by Gasteiger charge is 2.17. The summed E-state index contributed by atoms with van der Waals surface area (Å²) in [6.07, 6.45) is 33.9. The van der Waals surface area contributed by atoms with E-state index in [2.05, 4.69) is 73.7 Å². The van der Waals surface area contributed by atoms with E-state index in [1.54, 1.807) is 31.3 Å². The molecule has 8 N–H and O–H groups in total. The van der Waals surface area contributed by atoms with Crippen LogP contribution >= 0.6 is 0 Å². The van der Waals surface area contributed by atoms with E-state index in [1.165, 1.54) is 146 Å². The number of urea groups is 4. The maximum Gasteiger partial charge on any atom is 0.319 e. The quantitative estimate of drug-likeness (QED) is 0.0397. The van der Waals surface area contributed by atoms with Crippen molar-refractivity contribution in [3.8, 4) is 0 Å². The molecule has 68 heavy (non-hydrogen) atoms. The van der Waals surface area contributed by atoms with Crippen LogP contribution in [0.2, 0.25) is 0 Å². The molecule has 12 nitrogen and oxygen atoms in total. The van der Waals surface area contributed by atoms with Gasteiger partial charge in [-0.15, -0.1) is 0 Å². The smallest absolute Gasteiger partial charge is 0.319 e. The number of carbonyl (C=O) groups excluding carboxylic acids is 4. The first-order chi connectivity index (χ1) is 33.3. The molecule has 3 aromatic carbocycles. The van der Waals surface area contributed by atoms with E-state index in [-0.39, 0.29) is 30.2 Å². The highest BCUT2D eigenvalue weighted by molar-refractivity contribution is 5.93. The third-order valence-corrected chi connectivity index (χ3v) is 12.6. The maximum atomic E-state index is 12.3. The van der Waals surface area contributed by atoms with Crippen molar-refractivity contribution in [2.45, 2.75) is 206 Å². The molecule has 0 aliphatic heterocycles. The average Bonchev–Trinajstić information content (AvgIpc) is 3.35. The van der Waals surface area contributed by atoms with Crippen molar-refractivity contribution >= 4 is 46.9 Å². The average molecular weight is 939 g/mol. The van der Waals surface area contributed by atoms with Gasteiger partial charge in [-0.3, -0.25) is 0 Å². The Bertz CT molecular complexity index is 1790. The van der Waals surface area contributed by atoms with Crippen LogP contribution in [0.5, 0.6) is 0 Å². The maximum absolute atomic E-state index is 12.3. The van der Waals surface area contributed by atoms with Crippen LogP contribution in [0.3, 0.4) is 0 Å². The van der Waals surface area contributed by atoms with Gasteiger partial charge in [0.25, 0.3) is 0 Å². The number of rotatable bonds is 25. The van der Waals surface area contributed by atoms with Gasteiger partial charge in [0.2, 0.25) is 0 Å². The Morgan fingerprint density at radius 3 is 1.22 bits per heavy atom. The fourth-order valence-electron chi connectivity index (χ4n) is 8.77. The normalized spacial score (nSPS) is 13.6. The molecule has 12 heteroatoms. The molecule has 2 saturated carbocycles. The summed E-state index contributed by atoms with van der Waals surface area (Å²) in [5.74, 6) is 0. The van der Waals surface area contributed by atoms with Gasteiger partial charge < -0.3 is 42.5 Å². The Morgan fingerprint density at radius 1 is 0.441 bits per heavy atom. The van der Waals surface area contributed by atoms with Crippen molar-refractivity contribution in [1.29, 1.82) is 0 Å². The van der Waals surface area contributed by atoms with Gasteiger partial charge >= 0.3 is 24.1 Å². The van der Waals surface area contributed by atoms with E-state index in [1.807, 2.05) is 38.1 Å². The van der Waals surface area contributed by atoms with Crippen molar-refractivity contribution in [2.24, 2.45) is 0 Å². The predicted octanol–water partition coefficient (Wildman–Crippen LogP) is 15.0. The van der Waals surface area contributed by atoms with Crippen molar-refractivity contribution in [3.63, 3.8) is 0 Å². The second-order valence-corrected chi connectivity index (χ2v) is 18.4. The van der Waals surface area contributed by atoms with Crippen molar-refractivity contribution in [1.82, 2.24) is 21.3 Å². The Kier molecular flexibility index (Phi) is 30.8. The molecule has 5 rings (SSSR count). The molecule has 0 radical (unpaired) electrons. The summed E-state index contributed by atoms with van der Waals surface area (Å²) >= 11 is 0. The minimum Gasteiger partial charge on any atom is -0.341 e. The largest absolute Gasteiger partial charge is 0.341 e. The molecular formula is C56H90N8O4. The summed E-state index contributed by atoms with van der Waals surface area (Å²) in [6.45, 7) is 7.00. The van der Waals surface area contributed by atoms with Crippen LogP contribution in [-0.4, -0.2) is 49.8 Å². The first kappa shape index (κ1) is 57.1. The molecule has 2 aliphatic rings. The minimum absolute atomic E-state index is 0.119. The molecule has 0 saturated heterocycles. The van der Waals surface area contributed by atoms with Crippen molar-refractivity contribution in [2.75, 3.05) is 34.9 Å². The van der Waals surface area contributed by atoms with Crippen LogP contribution in [0, 0.1) is 0 Å². The molecule has 2 fully saturated rings. The number of carbonyl (C=O) groups is 4. The number of nitrogens with one attached hydrogen (secondary N) is 8. The number of hydrogen-bond acceptors (Lipinski definition) is 4. The zero-order valence-electron chi connectivity index (χ0n) is 42.5. The van der Waals surface area contributed by atoms with Gasteiger partial charge in [0, 0.05) is 48.4 Å². The van der Waals surface area contributed by atoms with Gasteiger partial charge in [-0.25, -0.2) is 19.2 Å². The summed E-state index contributed by atoms with van der Waals surface area (Å²) < 4.78 is 0. The van der Waals surface area contributed by atoms with E-state index in [0.29, 0.717) is 17.4 Å². The Morgan fingerprint density at radius 2 is 0.809 bits per heavy atom. The topological polar surface area (TPSA) is 165 Å². The van der Waals surface area contributed by atoms with Gasteiger partial charge in [0.15, 0.2) is 0 Å². The predicted molar refractivity (Wildman–Crippen MR) is 286 cm³/mol. The van der Waals surface area contributed by atoms with Crippen LogP contribution in [0.25, 0.3) is 0 Å². The van der Waals surface area contributed by atoms with Gasteiger partial charge in [-0.1, -0.05) is 186 Å². The zero-order chi connectivity index (χ0) is 48.9. The standard InChI is InChI=1S/C39H62N4O2.C15H22N4O2.C2H6/c1-2-3-4-5-6-7-8-9-10-11-12-13-14-15-16-20-31-40-38(44)41-36-27-23-33(24-28-36)32-34-25-29-37(30-26-34)43-39(45)42-35-21-18-17-19-22-35;1-16-14(20)18-12-8-5-9-13(10-12)19-15(21)17-11-6-3-2-4-7-11;1-2/h23-30,35H,2-22,31-32H2,1H3,(H2,40,41,44)(H2,42,43,45);5,8-11H,2-4,6-7H2,1H3,(H2,16,18,20)(H2,17,19,21);1-2H3. The van der Waals surface area contributed by atoms with Crippen LogP contribution in [-0.2, 0) is 6.42 Å². The Balaban J connectivity index is 0.000000442. The zero-order valence-corrected chi connectivity index (χ0v) is 42.5. The van der Waals surface area contributed by atoms with E-state index in [9.17, 15) is 19.2 Å². The minimum atomic E-state index is -0.293. The molecule has 0 bridgehead atoms. The molecule has 0 unspecified atom stereocenters. The van der Waals surface area contributed by atoms with E-state index in [0.717, 1.165) is 56.4 Å². The second kappa shape index (κ2) is 36.7. The van der Waals surface area contributed by atoms with Crippen LogP contribution in [0.4, 0.5) is 41.9 Å². The van der Waals surface area contributed by atoms with Gasteiger partial charge in [0.05, 0.1) is 0 Å². The number of anilines is 4.